The van der Waals surface area contributed by atoms with E-state index in [2.05, 4.69) is 15.5 Å². The van der Waals surface area contributed by atoms with Crippen molar-refractivity contribution in [1.82, 2.24) is 20.1 Å². The largest absolute Gasteiger partial charge is 0.416 e. The van der Waals surface area contributed by atoms with Crippen LogP contribution in [0.2, 0.25) is 0 Å². The van der Waals surface area contributed by atoms with Gasteiger partial charge in [-0.3, -0.25) is 9.36 Å². The van der Waals surface area contributed by atoms with Crippen LogP contribution in [0.3, 0.4) is 0 Å². The van der Waals surface area contributed by atoms with Gasteiger partial charge >= 0.3 is 18.0 Å². The van der Waals surface area contributed by atoms with Gasteiger partial charge in [0.05, 0.1) is 34.8 Å². The van der Waals surface area contributed by atoms with E-state index in [1.54, 1.807) is 0 Å². The van der Waals surface area contributed by atoms with E-state index in [1.807, 2.05) is 18.2 Å². The zero-order chi connectivity index (χ0) is 29.3. The first-order chi connectivity index (χ1) is 18.7. The Morgan fingerprint density at radius 2 is 1.80 bits per heavy atom. The fourth-order valence-electron chi connectivity index (χ4n) is 5.29. The van der Waals surface area contributed by atoms with Crippen LogP contribution in [0.25, 0.3) is 0 Å². The number of ether oxygens (including phenoxy) is 1. The Labute approximate surface area is 226 Å². The summed E-state index contributed by atoms with van der Waals surface area (Å²) in [5.74, 6) is -0.128. The van der Waals surface area contributed by atoms with Crippen molar-refractivity contribution in [1.29, 1.82) is 0 Å². The molecule has 1 aliphatic carbocycles. The molecule has 1 aliphatic heterocycles. The van der Waals surface area contributed by atoms with Gasteiger partial charge in [-0.05, 0) is 68.9 Å². The smallest absolute Gasteiger partial charge is 0.372 e. The molecule has 0 radical (unpaired) electrons. The first kappa shape index (κ1) is 29.8. The highest BCUT2D eigenvalue weighted by atomic mass is 19.4. The van der Waals surface area contributed by atoms with Crippen molar-refractivity contribution in [2.24, 2.45) is 5.41 Å². The van der Waals surface area contributed by atoms with Gasteiger partial charge in [-0.1, -0.05) is 18.2 Å². The number of ketones is 1. The molecule has 2 aromatic rings. The van der Waals surface area contributed by atoms with Crippen molar-refractivity contribution >= 4 is 5.78 Å². The predicted octanol–water partition coefficient (Wildman–Crippen LogP) is 5.36. The molecule has 0 amide bonds. The summed E-state index contributed by atoms with van der Waals surface area (Å²) in [6.07, 6.45) is -1.76. The molecular formula is C27H30F6N4O3. The first-order valence-electron chi connectivity index (χ1n) is 12.8. The van der Waals surface area contributed by atoms with Gasteiger partial charge in [0.2, 0.25) is 0 Å². The Morgan fingerprint density at radius 1 is 1.12 bits per heavy atom. The maximum absolute atomic E-state index is 13.4. The van der Waals surface area contributed by atoms with Gasteiger partial charge < -0.3 is 10.1 Å². The average molecular weight is 573 g/mol. The van der Waals surface area contributed by atoms with Gasteiger partial charge in [0, 0.05) is 13.1 Å². The fraction of sp³-hybridized carbons (Fsp3) is 0.519. The fourth-order valence-corrected chi connectivity index (χ4v) is 5.29. The van der Waals surface area contributed by atoms with Crippen molar-refractivity contribution < 1.29 is 35.9 Å². The van der Waals surface area contributed by atoms with Gasteiger partial charge in [0.15, 0.2) is 0 Å². The Balaban J connectivity index is 1.60. The van der Waals surface area contributed by atoms with E-state index in [0.29, 0.717) is 31.4 Å². The zero-order valence-electron chi connectivity index (χ0n) is 22.0. The van der Waals surface area contributed by atoms with Crippen molar-refractivity contribution in [3.05, 3.63) is 75.5 Å². The number of alkyl halides is 6. The van der Waals surface area contributed by atoms with Gasteiger partial charge in [-0.25, -0.2) is 9.89 Å². The molecule has 218 valence electrons. The number of piperidine rings is 1. The molecule has 3 atom stereocenters. The second-order valence-electron chi connectivity index (χ2n) is 10.5. The lowest BCUT2D eigenvalue weighted by molar-refractivity contribution is -0.143. The third kappa shape index (κ3) is 6.25. The number of aromatic amines is 1. The third-order valence-electron chi connectivity index (χ3n) is 7.92. The SMILES string of the molecule is CC(=O)[C@]1(Cn2cn[nH]c2=O)CC[C@@](CO[C@H](C)c2cc(C(F)(F)F)cc(C(F)(F)F)c2)(C2=CC=CCC2)NC1. The summed E-state index contributed by atoms with van der Waals surface area (Å²) >= 11 is 0. The Kier molecular flexibility index (Phi) is 8.19. The number of benzene rings is 1. The van der Waals surface area contributed by atoms with E-state index in [4.69, 9.17) is 4.74 Å². The number of halogens is 6. The van der Waals surface area contributed by atoms with Crippen LogP contribution in [-0.2, 0) is 28.4 Å². The number of carbonyl (C=O) groups is 1. The lowest BCUT2D eigenvalue weighted by Crippen LogP contribution is -2.61. The Hall–Kier alpha value is -3.19. The summed E-state index contributed by atoms with van der Waals surface area (Å²) in [4.78, 5) is 24.8. The summed E-state index contributed by atoms with van der Waals surface area (Å²) in [6.45, 7) is 3.09. The second-order valence-corrected chi connectivity index (χ2v) is 10.5. The monoisotopic (exact) mass is 572 g/mol. The molecule has 7 nitrogen and oxygen atoms in total. The minimum atomic E-state index is -4.96. The van der Waals surface area contributed by atoms with Crippen molar-refractivity contribution in [2.45, 2.75) is 70.1 Å². The summed E-state index contributed by atoms with van der Waals surface area (Å²) < 4.78 is 87.7. The summed E-state index contributed by atoms with van der Waals surface area (Å²) in [7, 11) is 0. The van der Waals surface area contributed by atoms with E-state index in [0.717, 1.165) is 12.0 Å². The maximum atomic E-state index is 13.4. The second kappa shape index (κ2) is 11.0. The number of H-pyrrole nitrogens is 1. The number of nitrogens with one attached hydrogen (secondary N) is 2. The topological polar surface area (TPSA) is 89.0 Å². The quantitative estimate of drug-likeness (QED) is 0.416. The number of hydrogen-bond acceptors (Lipinski definition) is 5. The first-order valence-corrected chi connectivity index (χ1v) is 12.8. The standard InChI is InChI=1S/C27H30F6N4O3/c1-17(19-10-21(26(28,29)30)12-22(11-19)27(31,32)33)40-15-25(20-6-4-3-5-7-20)9-8-24(13-34-25,18(2)38)14-37-16-35-36-23(37)39/h3-4,6,10-12,16-17,34H,5,7-9,13-15H2,1-2H3,(H,36,39)/t17-,24-,25-/m1/s1. The summed E-state index contributed by atoms with van der Waals surface area (Å²) in [5, 5.41) is 9.45. The van der Waals surface area contributed by atoms with Gasteiger partial charge in [0.1, 0.15) is 12.1 Å². The van der Waals surface area contributed by atoms with Crippen molar-refractivity contribution in [3.8, 4) is 0 Å². The number of hydrogen-bond donors (Lipinski definition) is 2. The van der Waals surface area contributed by atoms with E-state index >= 15 is 0 Å². The highest BCUT2D eigenvalue weighted by Crippen LogP contribution is 2.42. The van der Waals surface area contributed by atoms with Gasteiger partial charge in [0.25, 0.3) is 0 Å². The van der Waals surface area contributed by atoms with Crippen LogP contribution < -0.4 is 11.0 Å². The van der Waals surface area contributed by atoms with E-state index < -0.39 is 46.2 Å². The highest BCUT2D eigenvalue weighted by Gasteiger charge is 2.47. The third-order valence-corrected chi connectivity index (χ3v) is 7.92. The number of carbonyl (C=O) groups excluding carboxylic acids is 1. The highest BCUT2D eigenvalue weighted by molar-refractivity contribution is 5.82. The van der Waals surface area contributed by atoms with Crippen molar-refractivity contribution in [3.63, 3.8) is 0 Å². The normalized spacial score (nSPS) is 24.6. The molecule has 0 unspecified atom stereocenters. The molecule has 2 heterocycles. The number of nitrogens with zero attached hydrogens (tertiary/aromatic N) is 2. The van der Waals surface area contributed by atoms with Crippen LogP contribution in [-0.4, -0.2) is 39.2 Å². The number of allylic oxidation sites excluding steroid dienone is 3. The predicted molar refractivity (Wildman–Crippen MR) is 133 cm³/mol. The molecule has 2 aliphatic rings. The molecule has 1 aromatic carbocycles. The average Bonchev–Trinajstić information content (AvgIpc) is 3.31. The molecule has 4 rings (SSSR count). The molecule has 40 heavy (non-hydrogen) atoms. The molecule has 0 spiro atoms. The number of Topliss-reactive ketones (excluding diaryl/α,β-unsaturated/α-hetero) is 1. The Morgan fingerprint density at radius 3 is 2.27 bits per heavy atom. The number of aromatic nitrogens is 3. The molecule has 13 heteroatoms. The lowest BCUT2D eigenvalue weighted by atomic mass is 9.68. The van der Waals surface area contributed by atoms with Crippen molar-refractivity contribution in [2.75, 3.05) is 13.2 Å². The van der Waals surface area contributed by atoms with Crippen LogP contribution >= 0.6 is 0 Å². The molecule has 0 bridgehead atoms. The van der Waals surface area contributed by atoms with E-state index in [1.165, 1.54) is 24.7 Å². The lowest BCUT2D eigenvalue weighted by Gasteiger charge is -2.48. The number of rotatable bonds is 8. The summed E-state index contributed by atoms with van der Waals surface area (Å²) in [5.41, 5.74) is -4.28. The van der Waals surface area contributed by atoms with Gasteiger partial charge in [-0.2, -0.15) is 31.4 Å². The van der Waals surface area contributed by atoms with Crippen LogP contribution in [0.5, 0.6) is 0 Å². The zero-order valence-corrected chi connectivity index (χ0v) is 22.0. The van der Waals surface area contributed by atoms with E-state index in [-0.39, 0.29) is 37.1 Å². The molecule has 1 saturated heterocycles. The van der Waals surface area contributed by atoms with E-state index in [9.17, 15) is 35.9 Å². The molecule has 1 fully saturated rings. The van der Waals surface area contributed by atoms with Crippen LogP contribution in [0, 0.1) is 5.41 Å². The van der Waals surface area contributed by atoms with Gasteiger partial charge in [-0.15, -0.1) is 0 Å². The molecule has 2 N–H and O–H groups in total. The molecule has 0 saturated carbocycles. The minimum absolute atomic E-state index is 0.0505. The molecular weight excluding hydrogens is 542 g/mol. The van der Waals surface area contributed by atoms with Crippen LogP contribution in [0.1, 0.15) is 62.3 Å². The molecule has 1 aromatic heterocycles. The maximum Gasteiger partial charge on any atom is 0.416 e. The minimum Gasteiger partial charge on any atom is -0.372 e. The Bertz CT molecular complexity index is 1310. The summed E-state index contributed by atoms with van der Waals surface area (Å²) in [6, 6.07) is 1.44. The van der Waals surface area contributed by atoms with Crippen LogP contribution in [0.4, 0.5) is 26.3 Å². The van der Waals surface area contributed by atoms with Crippen LogP contribution in [0.15, 0.2) is 53.1 Å².